The van der Waals surface area contributed by atoms with Crippen LogP contribution in [0.25, 0.3) is 0 Å². The molecule has 1 aliphatic rings. The van der Waals surface area contributed by atoms with E-state index in [2.05, 4.69) is 0 Å². The highest BCUT2D eigenvalue weighted by atomic mass is 16.3. The molecule has 1 saturated carbocycles. The normalized spacial score (nSPS) is 17.3. The van der Waals surface area contributed by atoms with Crippen LogP contribution in [0.3, 0.4) is 0 Å². The highest BCUT2D eigenvalue weighted by Gasteiger charge is 2.35. The Morgan fingerprint density at radius 1 is 1.33 bits per heavy atom. The lowest BCUT2D eigenvalue weighted by molar-refractivity contribution is -0.137. The van der Waals surface area contributed by atoms with Crippen LogP contribution in [0, 0.1) is 0 Å². The van der Waals surface area contributed by atoms with Gasteiger partial charge in [0.05, 0.1) is 24.8 Å². The molecule has 5 heteroatoms. The lowest BCUT2D eigenvalue weighted by Crippen LogP contribution is -2.40. The van der Waals surface area contributed by atoms with Crippen molar-refractivity contribution in [2.24, 2.45) is 0 Å². The average Bonchev–Trinajstić information content (AvgIpc) is 3.05. The molecule has 2 rings (SSSR count). The Balaban J connectivity index is 1.97. The molecule has 0 saturated heterocycles. The van der Waals surface area contributed by atoms with E-state index in [0.717, 1.165) is 38.0 Å². The Bertz CT molecular complexity index is 436. The first kappa shape index (κ1) is 16.0. The van der Waals surface area contributed by atoms with Gasteiger partial charge in [-0.15, -0.1) is 0 Å². The zero-order valence-corrected chi connectivity index (χ0v) is 13.0. The quantitative estimate of drug-likeness (QED) is 0.834. The molecule has 0 aliphatic heterocycles. The standard InChI is InChI=1S/C16H26N2O3/c1-17(2)9-10-18(13-14-6-5-11-21-14)15(19)12-16(20)7-3-4-8-16/h5-6,11,20H,3-4,7-10,12-13H2,1-2H3. The summed E-state index contributed by atoms with van der Waals surface area (Å²) in [5.74, 6) is 0.790. The summed E-state index contributed by atoms with van der Waals surface area (Å²) in [4.78, 5) is 16.4. The third-order valence-electron chi connectivity index (χ3n) is 4.11. The molecule has 21 heavy (non-hydrogen) atoms. The van der Waals surface area contributed by atoms with E-state index in [0.29, 0.717) is 13.1 Å². The van der Waals surface area contributed by atoms with E-state index in [1.54, 1.807) is 11.2 Å². The lowest BCUT2D eigenvalue weighted by atomic mass is 9.97. The number of carbonyl (C=O) groups excluding carboxylic acids is 1. The van der Waals surface area contributed by atoms with E-state index in [4.69, 9.17) is 4.42 Å². The molecule has 1 N–H and O–H groups in total. The molecule has 0 atom stereocenters. The second-order valence-corrected chi connectivity index (χ2v) is 6.31. The Kier molecular flexibility index (Phi) is 5.42. The average molecular weight is 294 g/mol. The Hall–Kier alpha value is -1.33. The van der Waals surface area contributed by atoms with Crippen LogP contribution in [-0.2, 0) is 11.3 Å². The van der Waals surface area contributed by atoms with Crippen LogP contribution in [0.1, 0.15) is 37.9 Å². The van der Waals surface area contributed by atoms with Crippen LogP contribution < -0.4 is 0 Å². The molecule has 0 spiro atoms. The second kappa shape index (κ2) is 7.09. The molecular weight excluding hydrogens is 268 g/mol. The van der Waals surface area contributed by atoms with Gasteiger partial charge in [0, 0.05) is 13.1 Å². The summed E-state index contributed by atoms with van der Waals surface area (Å²) in [5, 5.41) is 10.4. The Labute approximate surface area is 126 Å². The molecule has 1 fully saturated rings. The fraction of sp³-hybridized carbons (Fsp3) is 0.688. The van der Waals surface area contributed by atoms with Crippen molar-refractivity contribution >= 4 is 5.91 Å². The van der Waals surface area contributed by atoms with Crippen molar-refractivity contribution in [1.29, 1.82) is 0 Å². The van der Waals surface area contributed by atoms with Crippen LogP contribution in [-0.4, -0.2) is 53.6 Å². The highest BCUT2D eigenvalue weighted by Crippen LogP contribution is 2.32. The maximum absolute atomic E-state index is 12.5. The van der Waals surface area contributed by atoms with E-state index >= 15 is 0 Å². The first-order valence-corrected chi connectivity index (χ1v) is 7.66. The maximum Gasteiger partial charge on any atom is 0.225 e. The molecule has 0 unspecified atom stereocenters. The van der Waals surface area contributed by atoms with Gasteiger partial charge in [0.25, 0.3) is 0 Å². The fourth-order valence-electron chi connectivity index (χ4n) is 2.81. The van der Waals surface area contributed by atoms with E-state index in [1.165, 1.54) is 0 Å². The third kappa shape index (κ3) is 4.86. The van der Waals surface area contributed by atoms with Crippen molar-refractivity contribution in [3.63, 3.8) is 0 Å². The van der Waals surface area contributed by atoms with Gasteiger partial charge in [0.1, 0.15) is 5.76 Å². The van der Waals surface area contributed by atoms with Gasteiger partial charge in [0.15, 0.2) is 0 Å². The van der Waals surface area contributed by atoms with Gasteiger partial charge >= 0.3 is 0 Å². The van der Waals surface area contributed by atoms with Gasteiger partial charge in [-0.2, -0.15) is 0 Å². The summed E-state index contributed by atoms with van der Waals surface area (Å²) in [6.45, 7) is 1.91. The largest absolute Gasteiger partial charge is 0.467 e. The zero-order chi connectivity index (χ0) is 15.3. The summed E-state index contributed by atoms with van der Waals surface area (Å²) in [5.41, 5.74) is -0.795. The number of nitrogens with zero attached hydrogens (tertiary/aromatic N) is 2. The van der Waals surface area contributed by atoms with Crippen molar-refractivity contribution in [2.75, 3.05) is 27.2 Å². The summed E-state index contributed by atoms with van der Waals surface area (Å²) in [7, 11) is 3.97. The molecule has 1 aliphatic carbocycles. The third-order valence-corrected chi connectivity index (χ3v) is 4.11. The number of likely N-dealkylation sites (N-methyl/N-ethyl adjacent to an activating group) is 1. The van der Waals surface area contributed by atoms with Crippen LogP contribution >= 0.6 is 0 Å². The molecular formula is C16H26N2O3. The molecule has 0 bridgehead atoms. The zero-order valence-electron chi connectivity index (χ0n) is 13.0. The minimum Gasteiger partial charge on any atom is -0.467 e. The highest BCUT2D eigenvalue weighted by molar-refractivity contribution is 5.77. The van der Waals surface area contributed by atoms with Crippen LogP contribution in [0.2, 0.25) is 0 Å². The van der Waals surface area contributed by atoms with E-state index < -0.39 is 5.60 Å². The molecule has 1 aromatic heterocycles. The second-order valence-electron chi connectivity index (χ2n) is 6.31. The van der Waals surface area contributed by atoms with Crippen molar-refractivity contribution in [3.05, 3.63) is 24.2 Å². The maximum atomic E-state index is 12.5. The van der Waals surface area contributed by atoms with Gasteiger partial charge in [-0.25, -0.2) is 0 Å². The van der Waals surface area contributed by atoms with Gasteiger partial charge in [0.2, 0.25) is 5.91 Å². The number of carbonyl (C=O) groups is 1. The van der Waals surface area contributed by atoms with Crippen molar-refractivity contribution in [2.45, 2.75) is 44.2 Å². The molecule has 0 radical (unpaired) electrons. The SMILES string of the molecule is CN(C)CCN(Cc1ccco1)C(=O)CC1(O)CCCC1. The fourth-order valence-corrected chi connectivity index (χ4v) is 2.81. The molecule has 5 nitrogen and oxygen atoms in total. The molecule has 118 valence electrons. The predicted octanol–water partition coefficient (Wildman–Crippen LogP) is 1.86. The van der Waals surface area contributed by atoms with Gasteiger partial charge in [-0.05, 0) is 39.1 Å². The van der Waals surface area contributed by atoms with E-state index in [-0.39, 0.29) is 12.3 Å². The monoisotopic (exact) mass is 294 g/mol. The summed E-state index contributed by atoms with van der Waals surface area (Å²) in [6, 6.07) is 3.70. The van der Waals surface area contributed by atoms with Crippen molar-refractivity contribution in [3.8, 4) is 0 Å². The van der Waals surface area contributed by atoms with Gasteiger partial charge < -0.3 is 19.3 Å². The first-order chi connectivity index (χ1) is 9.98. The smallest absolute Gasteiger partial charge is 0.225 e. The lowest BCUT2D eigenvalue weighted by Gasteiger charge is -2.28. The number of hydrogen-bond donors (Lipinski definition) is 1. The van der Waals surface area contributed by atoms with Crippen LogP contribution in [0.4, 0.5) is 0 Å². The minimum atomic E-state index is -0.795. The number of rotatable bonds is 7. The summed E-state index contributed by atoms with van der Waals surface area (Å²) in [6.07, 6.45) is 5.34. The number of furan rings is 1. The van der Waals surface area contributed by atoms with Crippen LogP contribution in [0.15, 0.2) is 22.8 Å². The van der Waals surface area contributed by atoms with E-state index in [1.807, 2.05) is 31.1 Å². The minimum absolute atomic E-state index is 0.0117. The number of amides is 1. The van der Waals surface area contributed by atoms with Gasteiger partial charge in [-0.1, -0.05) is 12.8 Å². The first-order valence-electron chi connectivity index (χ1n) is 7.66. The molecule has 1 heterocycles. The molecule has 1 aromatic rings. The number of aliphatic hydroxyl groups is 1. The predicted molar refractivity (Wildman–Crippen MR) is 80.7 cm³/mol. The Morgan fingerprint density at radius 2 is 2.05 bits per heavy atom. The van der Waals surface area contributed by atoms with E-state index in [9.17, 15) is 9.90 Å². The number of hydrogen-bond acceptors (Lipinski definition) is 4. The van der Waals surface area contributed by atoms with Crippen LogP contribution in [0.5, 0.6) is 0 Å². The summed E-state index contributed by atoms with van der Waals surface area (Å²) >= 11 is 0. The summed E-state index contributed by atoms with van der Waals surface area (Å²) < 4.78 is 5.35. The molecule has 0 aromatic carbocycles. The Morgan fingerprint density at radius 3 is 2.62 bits per heavy atom. The molecule has 1 amide bonds. The van der Waals surface area contributed by atoms with Crippen molar-refractivity contribution in [1.82, 2.24) is 9.80 Å². The van der Waals surface area contributed by atoms with Crippen molar-refractivity contribution < 1.29 is 14.3 Å². The van der Waals surface area contributed by atoms with Gasteiger partial charge in [-0.3, -0.25) is 4.79 Å². The topological polar surface area (TPSA) is 56.9 Å².